The van der Waals surface area contributed by atoms with Crippen molar-refractivity contribution in [3.63, 3.8) is 0 Å². The molecule has 2 aromatic rings. The topological polar surface area (TPSA) is 70.1 Å². The van der Waals surface area contributed by atoms with Crippen molar-refractivity contribution < 1.29 is 19.4 Å². The molecule has 8 heteroatoms. The second-order valence-electron chi connectivity index (χ2n) is 10.8. The van der Waals surface area contributed by atoms with Gasteiger partial charge in [-0.1, -0.05) is 54.4 Å². The number of morpholine rings is 1. The Bertz CT molecular complexity index is 1110. The lowest BCUT2D eigenvalue weighted by Gasteiger charge is -2.51. The maximum absolute atomic E-state index is 14.2. The maximum Gasteiger partial charge on any atom is 0.304 e. The molecule has 0 spiro atoms. The fourth-order valence-electron chi connectivity index (χ4n) is 5.95. The van der Waals surface area contributed by atoms with Crippen LogP contribution in [-0.2, 0) is 14.3 Å². The maximum atomic E-state index is 14.2. The SMILES string of the molecule is CC1COCCN1CCC(C)N1C(=O)C(C)(CC(=O)O)CC(c2cccc(Cl)c2)C1c1ccc(Cl)cc1. The lowest BCUT2D eigenvalue weighted by atomic mass is 9.67. The third-order valence-corrected chi connectivity index (χ3v) is 8.43. The monoisotopic (exact) mass is 546 g/mol. The number of amides is 1. The summed E-state index contributed by atoms with van der Waals surface area (Å²) in [6.45, 7) is 9.15. The summed E-state index contributed by atoms with van der Waals surface area (Å²) in [7, 11) is 0. The first kappa shape index (κ1) is 27.9. The first-order valence-corrected chi connectivity index (χ1v) is 13.7. The number of carbonyl (C=O) groups excluding carboxylic acids is 1. The number of ether oxygens (including phenoxy) is 1. The van der Waals surface area contributed by atoms with Crippen LogP contribution in [0, 0.1) is 5.41 Å². The number of aliphatic carboxylic acids is 1. The molecule has 0 aromatic heterocycles. The van der Waals surface area contributed by atoms with E-state index in [0.717, 1.165) is 30.6 Å². The molecular formula is C29H36Cl2N2O4. The van der Waals surface area contributed by atoms with E-state index in [1.54, 1.807) is 6.92 Å². The molecule has 5 unspecified atom stereocenters. The number of halogens is 2. The van der Waals surface area contributed by atoms with Crippen molar-refractivity contribution in [1.29, 1.82) is 0 Å². The molecular weight excluding hydrogens is 511 g/mol. The van der Waals surface area contributed by atoms with Gasteiger partial charge in [-0.25, -0.2) is 0 Å². The van der Waals surface area contributed by atoms with E-state index in [1.165, 1.54) is 0 Å². The molecule has 0 saturated carbocycles. The highest BCUT2D eigenvalue weighted by Gasteiger charge is 2.51. The Morgan fingerprint density at radius 2 is 1.89 bits per heavy atom. The molecule has 2 fully saturated rings. The fraction of sp³-hybridized carbons (Fsp3) is 0.517. The van der Waals surface area contributed by atoms with Crippen LogP contribution in [0.1, 0.15) is 63.1 Å². The summed E-state index contributed by atoms with van der Waals surface area (Å²) >= 11 is 12.6. The highest BCUT2D eigenvalue weighted by Crippen LogP contribution is 2.52. The van der Waals surface area contributed by atoms with E-state index in [1.807, 2.05) is 53.4 Å². The van der Waals surface area contributed by atoms with Crippen LogP contribution in [-0.4, -0.2) is 65.2 Å². The summed E-state index contributed by atoms with van der Waals surface area (Å²) in [4.78, 5) is 30.5. The Morgan fingerprint density at radius 3 is 2.54 bits per heavy atom. The van der Waals surface area contributed by atoms with E-state index in [9.17, 15) is 14.7 Å². The molecule has 2 saturated heterocycles. The number of carbonyl (C=O) groups is 2. The van der Waals surface area contributed by atoms with Gasteiger partial charge in [0.15, 0.2) is 0 Å². The minimum Gasteiger partial charge on any atom is -0.481 e. The van der Waals surface area contributed by atoms with E-state index in [0.29, 0.717) is 35.7 Å². The number of carboxylic acid groups (broad SMARTS) is 1. The van der Waals surface area contributed by atoms with Crippen LogP contribution in [0.2, 0.25) is 10.0 Å². The summed E-state index contributed by atoms with van der Waals surface area (Å²) in [6, 6.07) is 15.3. The summed E-state index contributed by atoms with van der Waals surface area (Å²) in [5, 5.41) is 11.0. The number of rotatable bonds is 8. The highest BCUT2D eigenvalue weighted by molar-refractivity contribution is 6.30. The van der Waals surface area contributed by atoms with Gasteiger partial charge in [-0.05, 0) is 62.1 Å². The van der Waals surface area contributed by atoms with Gasteiger partial charge in [0.2, 0.25) is 5.91 Å². The number of benzene rings is 2. The van der Waals surface area contributed by atoms with Crippen LogP contribution < -0.4 is 0 Å². The van der Waals surface area contributed by atoms with Crippen LogP contribution >= 0.6 is 23.2 Å². The van der Waals surface area contributed by atoms with Crippen LogP contribution in [0.5, 0.6) is 0 Å². The van der Waals surface area contributed by atoms with E-state index < -0.39 is 11.4 Å². The van der Waals surface area contributed by atoms with Gasteiger partial charge in [0.25, 0.3) is 0 Å². The van der Waals surface area contributed by atoms with Crippen LogP contribution in [0.15, 0.2) is 48.5 Å². The summed E-state index contributed by atoms with van der Waals surface area (Å²) in [5.41, 5.74) is 0.935. The summed E-state index contributed by atoms with van der Waals surface area (Å²) < 4.78 is 5.59. The molecule has 2 heterocycles. The largest absolute Gasteiger partial charge is 0.481 e. The first-order chi connectivity index (χ1) is 17.6. The Labute approximate surface area is 229 Å². The van der Waals surface area contributed by atoms with Gasteiger partial charge in [-0.15, -0.1) is 0 Å². The van der Waals surface area contributed by atoms with Crippen molar-refractivity contribution in [2.24, 2.45) is 5.41 Å². The van der Waals surface area contributed by atoms with Crippen molar-refractivity contribution in [2.45, 2.75) is 64.1 Å². The van der Waals surface area contributed by atoms with Crippen LogP contribution in [0.25, 0.3) is 0 Å². The van der Waals surface area contributed by atoms with E-state index in [-0.39, 0.29) is 30.3 Å². The molecule has 2 aliphatic heterocycles. The van der Waals surface area contributed by atoms with Gasteiger partial charge >= 0.3 is 5.97 Å². The van der Waals surface area contributed by atoms with Gasteiger partial charge < -0.3 is 14.7 Å². The number of piperidine rings is 1. The van der Waals surface area contributed by atoms with E-state index in [4.69, 9.17) is 27.9 Å². The molecule has 0 bridgehead atoms. The van der Waals surface area contributed by atoms with Gasteiger partial charge in [0.1, 0.15) is 0 Å². The van der Waals surface area contributed by atoms with Crippen LogP contribution in [0.3, 0.4) is 0 Å². The minimum atomic E-state index is -1.04. The van der Waals surface area contributed by atoms with Gasteiger partial charge in [-0.3, -0.25) is 14.5 Å². The second-order valence-corrected chi connectivity index (χ2v) is 11.7. The minimum absolute atomic E-state index is 0.113. The smallest absolute Gasteiger partial charge is 0.304 e. The number of hydrogen-bond acceptors (Lipinski definition) is 4. The molecule has 2 aromatic carbocycles. The Hall–Kier alpha value is -2.12. The van der Waals surface area contributed by atoms with Crippen molar-refractivity contribution in [3.8, 4) is 0 Å². The van der Waals surface area contributed by atoms with Crippen molar-refractivity contribution >= 4 is 35.1 Å². The Balaban J connectivity index is 1.76. The number of nitrogens with zero attached hydrogens (tertiary/aromatic N) is 2. The molecule has 37 heavy (non-hydrogen) atoms. The van der Waals surface area contributed by atoms with Crippen molar-refractivity contribution in [1.82, 2.24) is 9.80 Å². The number of hydrogen-bond donors (Lipinski definition) is 1. The molecule has 0 radical (unpaired) electrons. The molecule has 200 valence electrons. The number of carboxylic acids is 1. The van der Waals surface area contributed by atoms with Gasteiger partial charge in [0.05, 0.1) is 31.1 Å². The Morgan fingerprint density at radius 1 is 1.16 bits per heavy atom. The van der Waals surface area contributed by atoms with Gasteiger partial charge in [-0.2, -0.15) is 0 Å². The summed E-state index contributed by atoms with van der Waals surface area (Å²) in [5.74, 6) is -1.22. The zero-order chi connectivity index (χ0) is 26.7. The normalized spacial score (nSPS) is 27.8. The van der Waals surface area contributed by atoms with E-state index >= 15 is 0 Å². The standard InChI is InChI=1S/C29H36Cl2N2O4/c1-19(11-12-32-13-14-37-18-20(32)2)33-27(21-7-9-23(30)10-8-21)25(22-5-4-6-24(31)15-22)16-29(3,28(33)36)17-26(34)35/h4-10,15,19-20,25,27H,11-14,16-18H2,1-3H3,(H,34,35). The molecule has 6 nitrogen and oxygen atoms in total. The predicted octanol–water partition coefficient (Wildman–Crippen LogP) is 6.03. The van der Waals surface area contributed by atoms with Gasteiger partial charge in [0, 0.05) is 41.1 Å². The lowest BCUT2D eigenvalue weighted by Crippen LogP contribution is -2.56. The molecule has 1 amide bonds. The predicted molar refractivity (Wildman–Crippen MR) is 146 cm³/mol. The van der Waals surface area contributed by atoms with E-state index in [2.05, 4.69) is 18.7 Å². The quantitative estimate of drug-likeness (QED) is 0.437. The summed E-state index contributed by atoms with van der Waals surface area (Å²) in [6.07, 6.45) is 0.959. The molecule has 0 aliphatic carbocycles. The molecule has 1 N–H and O–H groups in total. The zero-order valence-corrected chi connectivity index (χ0v) is 23.2. The average molecular weight is 548 g/mol. The van der Waals surface area contributed by atoms with Crippen molar-refractivity contribution in [3.05, 3.63) is 69.7 Å². The average Bonchev–Trinajstić information content (AvgIpc) is 2.85. The highest BCUT2D eigenvalue weighted by atomic mass is 35.5. The molecule has 4 rings (SSSR count). The number of likely N-dealkylation sites (tertiary alicyclic amines) is 1. The van der Waals surface area contributed by atoms with Crippen molar-refractivity contribution in [2.75, 3.05) is 26.3 Å². The Kier molecular flexibility index (Phi) is 8.85. The fourth-order valence-corrected chi connectivity index (χ4v) is 6.27. The lowest BCUT2D eigenvalue weighted by molar-refractivity contribution is -0.160. The third-order valence-electron chi connectivity index (χ3n) is 7.95. The van der Waals surface area contributed by atoms with Crippen LogP contribution in [0.4, 0.5) is 0 Å². The molecule has 2 aliphatic rings. The zero-order valence-electron chi connectivity index (χ0n) is 21.7. The first-order valence-electron chi connectivity index (χ1n) is 13.0. The second kappa shape index (κ2) is 11.7. The third kappa shape index (κ3) is 6.31. The molecule has 5 atom stereocenters.